The van der Waals surface area contributed by atoms with Crippen molar-refractivity contribution in [3.63, 3.8) is 0 Å². The smallest absolute Gasteiger partial charge is 0.157 e. The number of benzene rings is 1. The van der Waals surface area contributed by atoms with Crippen molar-refractivity contribution in [2.75, 3.05) is 11.9 Å². The molecule has 74 valence electrons. The molecule has 2 rings (SSSR count). The second kappa shape index (κ2) is 3.88. The van der Waals surface area contributed by atoms with E-state index in [1.165, 1.54) is 0 Å². The minimum atomic E-state index is 0.731. The number of aromatic nitrogens is 2. The van der Waals surface area contributed by atoms with Crippen LogP contribution in [0.2, 0.25) is 5.02 Å². The van der Waals surface area contributed by atoms with Crippen molar-refractivity contribution in [3.8, 4) is 0 Å². The van der Waals surface area contributed by atoms with E-state index < -0.39 is 0 Å². The van der Waals surface area contributed by atoms with Gasteiger partial charge in [-0.25, -0.2) is 0 Å². The van der Waals surface area contributed by atoms with Crippen LogP contribution >= 0.6 is 11.6 Å². The van der Waals surface area contributed by atoms with Gasteiger partial charge in [-0.05, 0) is 18.6 Å². The molecule has 0 amide bonds. The van der Waals surface area contributed by atoms with Crippen LogP contribution in [0.1, 0.15) is 13.3 Å². The summed E-state index contributed by atoms with van der Waals surface area (Å²) in [5, 5.41) is 12.1. The minimum Gasteiger partial charge on any atom is -0.368 e. The van der Waals surface area contributed by atoms with E-state index >= 15 is 0 Å². The average molecular weight is 210 g/mol. The summed E-state index contributed by atoms with van der Waals surface area (Å²) in [6.45, 7) is 3.02. The molecule has 0 bridgehead atoms. The number of nitrogens with one attached hydrogen (secondary N) is 2. The molecule has 0 fully saturated rings. The Morgan fingerprint density at radius 2 is 2.36 bits per heavy atom. The molecule has 0 saturated heterocycles. The van der Waals surface area contributed by atoms with Crippen LogP contribution in [0, 0.1) is 0 Å². The quantitative estimate of drug-likeness (QED) is 0.816. The summed E-state index contributed by atoms with van der Waals surface area (Å²) in [4.78, 5) is 0. The molecule has 1 aromatic heterocycles. The zero-order valence-corrected chi connectivity index (χ0v) is 8.73. The first-order valence-corrected chi connectivity index (χ1v) is 5.07. The summed E-state index contributed by atoms with van der Waals surface area (Å²) >= 11 is 6.08. The van der Waals surface area contributed by atoms with Crippen molar-refractivity contribution in [3.05, 3.63) is 23.2 Å². The summed E-state index contributed by atoms with van der Waals surface area (Å²) in [7, 11) is 0. The number of fused-ring (bicyclic) bond motifs is 1. The third-order valence-electron chi connectivity index (χ3n) is 2.08. The summed E-state index contributed by atoms with van der Waals surface area (Å²) in [6.07, 6.45) is 1.07. The molecule has 2 N–H and O–H groups in total. The van der Waals surface area contributed by atoms with Gasteiger partial charge in [-0.15, -0.1) is 0 Å². The Hall–Kier alpha value is -1.22. The Labute approximate surface area is 87.5 Å². The molecule has 0 atom stereocenters. The molecule has 4 heteroatoms. The van der Waals surface area contributed by atoms with Crippen LogP contribution in [0.5, 0.6) is 0 Å². The van der Waals surface area contributed by atoms with Gasteiger partial charge in [0.2, 0.25) is 0 Å². The molecule has 0 aliphatic rings. The summed E-state index contributed by atoms with van der Waals surface area (Å²) in [5.41, 5.74) is 0.969. The van der Waals surface area contributed by atoms with E-state index in [2.05, 4.69) is 22.4 Å². The Morgan fingerprint density at radius 1 is 1.50 bits per heavy atom. The molecular weight excluding hydrogens is 198 g/mol. The molecule has 0 radical (unpaired) electrons. The second-order valence-corrected chi connectivity index (χ2v) is 3.57. The number of H-pyrrole nitrogens is 1. The SMILES string of the molecule is CCCNc1n[nH]c2cccc(Cl)c12. The maximum Gasteiger partial charge on any atom is 0.157 e. The number of aromatic amines is 1. The van der Waals surface area contributed by atoms with Gasteiger partial charge < -0.3 is 5.32 Å². The van der Waals surface area contributed by atoms with Crippen molar-refractivity contribution in [1.29, 1.82) is 0 Å². The van der Waals surface area contributed by atoms with Gasteiger partial charge in [0.1, 0.15) is 0 Å². The molecule has 0 aliphatic carbocycles. The molecule has 2 aromatic rings. The molecular formula is C10H12ClN3. The highest BCUT2D eigenvalue weighted by Crippen LogP contribution is 2.27. The van der Waals surface area contributed by atoms with Crippen molar-refractivity contribution >= 4 is 28.3 Å². The van der Waals surface area contributed by atoms with E-state index in [-0.39, 0.29) is 0 Å². The molecule has 1 heterocycles. The fraction of sp³-hybridized carbons (Fsp3) is 0.300. The lowest BCUT2D eigenvalue weighted by Crippen LogP contribution is -2.00. The van der Waals surface area contributed by atoms with E-state index in [4.69, 9.17) is 11.6 Å². The van der Waals surface area contributed by atoms with Gasteiger partial charge in [0.25, 0.3) is 0 Å². The maximum absolute atomic E-state index is 6.08. The first kappa shape index (κ1) is 9.34. The molecule has 0 aliphatic heterocycles. The van der Waals surface area contributed by atoms with Crippen LogP contribution in [0.3, 0.4) is 0 Å². The summed E-state index contributed by atoms with van der Waals surface area (Å²) < 4.78 is 0. The second-order valence-electron chi connectivity index (χ2n) is 3.16. The zero-order chi connectivity index (χ0) is 9.97. The van der Waals surface area contributed by atoms with E-state index in [9.17, 15) is 0 Å². The van der Waals surface area contributed by atoms with Crippen molar-refractivity contribution in [2.24, 2.45) is 0 Å². The van der Waals surface area contributed by atoms with Crippen LogP contribution < -0.4 is 5.32 Å². The van der Waals surface area contributed by atoms with Gasteiger partial charge in [-0.3, -0.25) is 5.10 Å². The number of nitrogens with zero attached hydrogens (tertiary/aromatic N) is 1. The Kier molecular flexibility index (Phi) is 2.59. The highest BCUT2D eigenvalue weighted by molar-refractivity contribution is 6.36. The van der Waals surface area contributed by atoms with Crippen LogP contribution in [0.4, 0.5) is 5.82 Å². The van der Waals surface area contributed by atoms with Gasteiger partial charge in [0.15, 0.2) is 5.82 Å². The zero-order valence-electron chi connectivity index (χ0n) is 7.97. The fourth-order valence-corrected chi connectivity index (χ4v) is 1.67. The van der Waals surface area contributed by atoms with Crippen LogP contribution in [-0.2, 0) is 0 Å². The Balaban J connectivity index is 2.45. The minimum absolute atomic E-state index is 0.731. The number of anilines is 1. The van der Waals surface area contributed by atoms with Gasteiger partial charge in [0.05, 0.1) is 15.9 Å². The van der Waals surface area contributed by atoms with Gasteiger partial charge in [0, 0.05) is 6.54 Å². The lowest BCUT2D eigenvalue weighted by atomic mass is 10.2. The topological polar surface area (TPSA) is 40.7 Å². The van der Waals surface area contributed by atoms with Gasteiger partial charge in [-0.2, -0.15) is 5.10 Å². The third-order valence-corrected chi connectivity index (χ3v) is 2.40. The number of hydrogen-bond acceptors (Lipinski definition) is 2. The van der Waals surface area contributed by atoms with Crippen LogP contribution in [0.25, 0.3) is 10.9 Å². The predicted octanol–water partition coefficient (Wildman–Crippen LogP) is 3.04. The first-order chi connectivity index (χ1) is 6.83. The number of rotatable bonds is 3. The van der Waals surface area contributed by atoms with Gasteiger partial charge in [-0.1, -0.05) is 24.6 Å². The summed E-state index contributed by atoms with van der Waals surface area (Å²) in [5.74, 6) is 0.840. The van der Waals surface area contributed by atoms with E-state index in [0.29, 0.717) is 0 Å². The molecule has 0 unspecified atom stereocenters. The monoisotopic (exact) mass is 209 g/mol. The lowest BCUT2D eigenvalue weighted by molar-refractivity contribution is 0.963. The molecule has 14 heavy (non-hydrogen) atoms. The molecule has 0 spiro atoms. The highest BCUT2D eigenvalue weighted by atomic mass is 35.5. The maximum atomic E-state index is 6.08. The standard InChI is InChI=1S/C10H12ClN3/c1-2-6-12-10-9-7(11)4-3-5-8(9)13-14-10/h3-5H,2,6H2,1H3,(H2,12,13,14). The van der Waals surface area contributed by atoms with Gasteiger partial charge >= 0.3 is 0 Å². The Bertz CT molecular complexity index is 436. The van der Waals surface area contributed by atoms with E-state index in [0.717, 1.165) is 34.7 Å². The number of halogens is 1. The number of hydrogen-bond donors (Lipinski definition) is 2. The van der Waals surface area contributed by atoms with Crippen molar-refractivity contribution < 1.29 is 0 Å². The summed E-state index contributed by atoms with van der Waals surface area (Å²) in [6, 6.07) is 5.74. The van der Waals surface area contributed by atoms with Crippen molar-refractivity contribution in [1.82, 2.24) is 10.2 Å². The largest absolute Gasteiger partial charge is 0.368 e. The molecule has 1 aromatic carbocycles. The Morgan fingerprint density at radius 3 is 3.14 bits per heavy atom. The molecule has 3 nitrogen and oxygen atoms in total. The first-order valence-electron chi connectivity index (χ1n) is 4.69. The molecule has 0 saturated carbocycles. The normalized spacial score (nSPS) is 10.7. The van der Waals surface area contributed by atoms with E-state index in [1.807, 2.05) is 18.2 Å². The lowest BCUT2D eigenvalue weighted by Gasteiger charge is -2.00. The van der Waals surface area contributed by atoms with Crippen LogP contribution in [-0.4, -0.2) is 16.7 Å². The average Bonchev–Trinajstić information content (AvgIpc) is 2.59. The third kappa shape index (κ3) is 1.55. The fourth-order valence-electron chi connectivity index (χ4n) is 1.40. The van der Waals surface area contributed by atoms with Crippen LogP contribution in [0.15, 0.2) is 18.2 Å². The van der Waals surface area contributed by atoms with Crippen molar-refractivity contribution in [2.45, 2.75) is 13.3 Å². The predicted molar refractivity (Wildman–Crippen MR) is 59.9 cm³/mol. The van der Waals surface area contributed by atoms with E-state index in [1.54, 1.807) is 0 Å². The highest BCUT2D eigenvalue weighted by Gasteiger charge is 2.07.